The first kappa shape index (κ1) is 27.0. The quantitative estimate of drug-likeness (QED) is 0.296. The van der Waals surface area contributed by atoms with Crippen LogP contribution in [-0.2, 0) is 11.2 Å². The van der Waals surface area contributed by atoms with E-state index in [-0.39, 0.29) is 40.6 Å². The first-order chi connectivity index (χ1) is 17.0. The minimum atomic E-state index is -1.13. The molecule has 0 aliphatic carbocycles. The third-order valence-electron chi connectivity index (χ3n) is 5.47. The van der Waals surface area contributed by atoms with E-state index in [2.05, 4.69) is 0 Å². The maximum atomic E-state index is 13.3. The molecule has 36 heavy (non-hydrogen) atoms. The zero-order valence-electron chi connectivity index (χ0n) is 21.1. The van der Waals surface area contributed by atoms with Gasteiger partial charge in [0.15, 0.2) is 16.9 Å². The lowest BCUT2D eigenvalue weighted by molar-refractivity contribution is -0.142. The number of esters is 1. The van der Waals surface area contributed by atoms with Gasteiger partial charge in [-0.2, -0.15) is 0 Å². The first-order valence-corrected chi connectivity index (χ1v) is 11.6. The highest BCUT2D eigenvalue weighted by Gasteiger charge is 2.26. The predicted molar refractivity (Wildman–Crippen MR) is 134 cm³/mol. The summed E-state index contributed by atoms with van der Waals surface area (Å²) in [5, 5.41) is 29.5. The van der Waals surface area contributed by atoms with Gasteiger partial charge in [-0.05, 0) is 39.3 Å². The summed E-state index contributed by atoms with van der Waals surface area (Å²) in [7, 11) is 1.45. The number of hydrogen-bond donors (Lipinski definition) is 3. The van der Waals surface area contributed by atoms with Crippen LogP contribution in [0.3, 0.4) is 0 Å². The fraction of sp³-hybridized carbons (Fsp3) is 0.407. The molecule has 3 aromatic rings. The molecule has 0 radical (unpaired) electrons. The summed E-state index contributed by atoms with van der Waals surface area (Å²) in [6.45, 7) is 6.27. The average Bonchev–Trinajstić information content (AvgIpc) is 2.82. The van der Waals surface area contributed by atoms with Gasteiger partial charge in [0.2, 0.25) is 0 Å². The number of carbonyl (C=O) groups excluding carboxylic acids is 1. The lowest BCUT2D eigenvalue weighted by Crippen LogP contribution is -2.26. The number of rotatable bonds is 9. The Kier molecular flexibility index (Phi) is 8.27. The van der Waals surface area contributed by atoms with Crippen LogP contribution in [-0.4, -0.2) is 47.7 Å². The Hall–Kier alpha value is -3.56. The van der Waals surface area contributed by atoms with E-state index in [4.69, 9.17) is 23.7 Å². The molecule has 1 aromatic heterocycles. The fourth-order valence-corrected chi connectivity index (χ4v) is 3.54. The van der Waals surface area contributed by atoms with Crippen LogP contribution in [0.15, 0.2) is 39.5 Å². The molecule has 3 N–H and O–H groups in total. The van der Waals surface area contributed by atoms with E-state index in [1.807, 2.05) is 6.92 Å². The monoisotopic (exact) mass is 500 g/mol. The van der Waals surface area contributed by atoms with Crippen LogP contribution in [0.5, 0.6) is 23.0 Å². The number of phenols is 1. The summed E-state index contributed by atoms with van der Waals surface area (Å²) in [4.78, 5) is 25.9. The number of ether oxygens (including phenoxy) is 3. The number of aliphatic hydroxyl groups is 2. The van der Waals surface area contributed by atoms with Gasteiger partial charge in [-0.25, -0.2) is 0 Å². The maximum absolute atomic E-state index is 13.3. The normalized spacial score (nSPS) is 12.4. The Morgan fingerprint density at radius 2 is 1.86 bits per heavy atom. The summed E-state index contributed by atoms with van der Waals surface area (Å²) < 4.78 is 22.4. The van der Waals surface area contributed by atoms with Crippen molar-refractivity contribution in [2.45, 2.75) is 46.6 Å². The number of aliphatic hydroxyl groups excluding tert-OH is 2. The van der Waals surface area contributed by atoms with Crippen LogP contribution in [0, 0.1) is 5.41 Å². The van der Waals surface area contributed by atoms with E-state index in [0.29, 0.717) is 23.3 Å². The molecule has 0 amide bonds. The number of phenolic OH excluding ortho intramolecular Hbond substituents is 1. The van der Waals surface area contributed by atoms with Crippen molar-refractivity contribution in [3.05, 3.63) is 46.1 Å². The minimum absolute atomic E-state index is 0.0329. The summed E-state index contributed by atoms with van der Waals surface area (Å²) in [5.41, 5.74) is -0.126. The molecule has 1 heterocycles. The van der Waals surface area contributed by atoms with Crippen molar-refractivity contribution in [2.24, 2.45) is 5.41 Å². The molecule has 3 rings (SSSR count). The zero-order valence-corrected chi connectivity index (χ0v) is 21.1. The number of methoxy groups -OCH3 is 1. The van der Waals surface area contributed by atoms with Crippen molar-refractivity contribution in [2.75, 3.05) is 20.3 Å². The van der Waals surface area contributed by atoms with Crippen molar-refractivity contribution in [3.63, 3.8) is 0 Å². The van der Waals surface area contributed by atoms with Gasteiger partial charge in [0.25, 0.3) is 0 Å². The van der Waals surface area contributed by atoms with Crippen LogP contribution in [0.1, 0.15) is 39.7 Å². The molecule has 9 nitrogen and oxygen atoms in total. The highest BCUT2D eigenvalue weighted by atomic mass is 16.5. The largest absolute Gasteiger partial charge is 0.504 e. The molecule has 0 fully saturated rings. The number of carbonyl (C=O) groups is 1. The van der Waals surface area contributed by atoms with E-state index in [9.17, 15) is 19.8 Å². The van der Waals surface area contributed by atoms with E-state index < -0.39 is 29.5 Å². The van der Waals surface area contributed by atoms with Gasteiger partial charge in [0, 0.05) is 29.3 Å². The van der Waals surface area contributed by atoms with Crippen molar-refractivity contribution in [1.29, 1.82) is 0 Å². The Bertz CT molecular complexity index is 1300. The molecule has 0 spiro atoms. The number of aromatic hydroxyl groups is 1. The Labute approximate surface area is 208 Å². The molecule has 194 valence electrons. The predicted octanol–water partition coefficient (Wildman–Crippen LogP) is 3.81. The van der Waals surface area contributed by atoms with Crippen molar-refractivity contribution in [3.8, 4) is 34.3 Å². The number of benzene rings is 2. The van der Waals surface area contributed by atoms with E-state index in [1.54, 1.807) is 32.9 Å². The molecule has 0 aliphatic rings. The molecule has 1 atom stereocenters. The number of hydrogen-bond acceptors (Lipinski definition) is 9. The second kappa shape index (κ2) is 11.0. The van der Waals surface area contributed by atoms with Crippen molar-refractivity contribution >= 4 is 16.9 Å². The topological polar surface area (TPSA) is 136 Å². The smallest absolute Gasteiger partial charge is 0.316 e. The molecule has 9 heteroatoms. The van der Waals surface area contributed by atoms with Gasteiger partial charge in [-0.3, -0.25) is 9.59 Å². The summed E-state index contributed by atoms with van der Waals surface area (Å²) in [6, 6.07) is 7.38. The third-order valence-corrected chi connectivity index (χ3v) is 5.47. The SMILES string of the molecule is CCCc1c(-c2cc(=O)c3c(OC(=O)C(C)(C)C)cc(OC[C@H](O)CO)cc3o2)ccc(OC)c1O. The molecule has 0 unspecified atom stereocenters. The highest BCUT2D eigenvalue weighted by Crippen LogP contribution is 2.39. The first-order valence-electron chi connectivity index (χ1n) is 11.6. The van der Waals surface area contributed by atoms with Crippen LogP contribution in [0.4, 0.5) is 0 Å². The summed E-state index contributed by atoms with van der Waals surface area (Å²) in [6.07, 6.45) is 0.110. The summed E-state index contributed by atoms with van der Waals surface area (Å²) >= 11 is 0. The Morgan fingerprint density at radius 1 is 1.14 bits per heavy atom. The van der Waals surface area contributed by atoms with Crippen molar-refractivity contribution in [1.82, 2.24) is 0 Å². The molecule has 2 aromatic carbocycles. The molecule has 0 bridgehead atoms. The second-order valence-corrected chi connectivity index (χ2v) is 9.45. The Morgan fingerprint density at radius 3 is 2.47 bits per heavy atom. The average molecular weight is 501 g/mol. The van der Waals surface area contributed by atoms with Gasteiger partial charge in [-0.1, -0.05) is 13.3 Å². The minimum Gasteiger partial charge on any atom is -0.504 e. The second-order valence-electron chi connectivity index (χ2n) is 9.45. The molecular weight excluding hydrogens is 468 g/mol. The van der Waals surface area contributed by atoms with Gasteiger partial charge >= 0.3 is 5.97 Å². The number of fused-ring (bicyclic) bond motifs is 1. The van der Waals surface area contributed by atoms with Crippen LogP contribution < -0.4 is 19.6 Å². The van der Waals surface area contributed by atoms with Gasteiger partial charge in [-0.15, -0.1) is 0 Å². The van der Waals surface area contributed by atoms with Gasteiger partial charge < -0.3 is 33.9 Å². The fourth-order valence-electron chi connectivity index (χ4n) is 3.54. The van der Waals surface area contributed by atoms with Gasteiger partial charge in [0.1, 0.15) is 40.9 Å². The molecule has 0 aliphatic heterocycles. The lowest BCUT2D eigenvalue weighted by atomic mass is 9.97. The van der Waals surface area contributed by atoms with E-state index >= 15 is 0 Å². The zero-order chi connectivity index (χ0) is 26.6. The van der Waals surface area contributed by atoms with Crippen LogP contribution in [0.2, 0.25) is 0 Å². The molecule has 0 saturated heterocycles. The van der Waals surface area contributed by atoms with Crippen LogP contribution >= 0.6 is 0 Å². The Balaban J connectivity index is 2.22. The lowest BCUT2D eigenvalue weighted by Gasteiger charge is -2.18. The van der Waals surface area contributed by atoms with Crippen LogP contribution in [0.25, 0.3) is 22.3 Å². The summed E-state index contributed by atoms with van der Waals surface area (Å²) in [5.74, 6) is 0.0277. The third kappa shape index (κ3) is 5.80. The standard InChI is InChI=1S/C27H32O9/c1-6-7-18-17(8-9-20(33-5)25(18)31)21-12-19(30)24-22(35-21)10-16(34-14-15(29)13-28)11-23(24)36-26(32)27(2,3)4/h8-12,15,28-29,31H,6-7,13-14H2,1-5H3/t15-/m1/s1. The van der Waals surface area contributed by atoms with E-state index in [0.717, 1.165) is 6.42 Å². The molecular formula is C27H32O9. The van der Waals surface area contributed by atoms with Crippen molar-refractivity contribution < 1.29 is 38.7 Å². The highest BCUT2D eigenvalue weighted by molar-refractivity contribution is 5.90. The maximum Gasteiger partial charge on any atom is 0.316 e. The van der Waals surface area contributed by atoms with Gasteiger partial charge in [0.05, 0.1) is 19.1 Å². The van der Waals surface area contributed by atoms with E-state index in [1.165, 1.54) is 25.3 Å². The molecule has 0 saturated carbocycles.